The molecule has 0 saturated carbocycles. The molecular formula is C20H14F3N3O4S2. The molecule has 2 N–H and O–H groups in total. The quantitative estimate of drug-likeness (QED) is 0.202. The molecule has 3 aromatic rings. The lowest BCUT2D eigenvalue weighted by molar-refractivity contribution is -0.385. The van der Waals surface area contributed by atoms with Crippen molar-refractivity contribution in [1.29, 1.82) is 0 Å². The van der Waals surface area contributed by atoms with Gasteiger partial charge in [-0.2, -0.15) is 13.2 Å². The first kappa shape index (κ1) is 23.2. The third-order valence-corrected chi connectivity index (χ3v) is 5.49. The molecule has 166 valence electrons. The van der Waals surface area contributed by atoms with Crippen molar-refractivity contribution in [2.24, 2.45) is 0 Å². The van der Waals surface area contributed by atoms with Crippen LogP contribution in [0.2, 0.25) is 0 Å². The molecule has 0 fully saturated rings. The van der Waals surface area contributed by atoms with E-state index in [1.807, 2.05) is 30.3 Å². The number of ether oxygens (including phenoxy) is 1. The number of thiocarbonyl (C=S) groups is 1. The number of anilines is 2. The van der Waals surface area contributed by atoms with E-state index >= 15 is 0 Å². The Morgan fingerprint density at radius 2 is 1.81 bits per heavy atom. The summed E-state index contributed by atoms with van der Waals surface area (Å²) in [4.78, 5) is 22.8. The van der Waals surface area contributed by atoms with Gasteiger partial charge in [0.25, 0.3) is 5.69 Å². The number of hydrogen-bond acceptors (Lipinski definition) is 6. The molecule has 0 aliphatic heterocycles. The highest BCUT2D eigenvalue weighted by atomic mass is 32.1. The highest BCUT2D eigenvalue weighted by Gasteiger charge is 2.35. The predicted octanol–water partition coefficient (Wildman–Crippen LogP) is 5.94. The highest BCUT2D eigenvalue weighted by molar-refractivity contribution is 7.80. The summed E-state index contributed by atoms with van der Waals surface area (Å²) in [6, 6.07) is 13.0. The summed E-state index contributed by atoms with van der Waals surface area (Å²) in [6.07, 6.45) is -4.86. The molecule has 0 atom stereocenters. The van der Waals surface area contributed by atoms with Crippen LogP contribution in [0.3, 0.4) is 0 Å². The number of alkyl halides is 3. The fraction of sp³-hybridized carbons (Fsp3) is 0.100. The monoisotopic (exact) mass is 481 g/mol. The number of nitrogens with zero attached hydrogens (tertiary/aromatic N) is 1. The highest BCUT2D eigenvalue weighted by Crippen LogP contribution is 2.38. The van der Waals surface area contributed by atoms with Crippen LogP contribution in [0, 0.1) is 10.1 Å². The van der Waals surface area contributed by atoms with Crippen LogP contribution in [0.25, 0.3) is 10.4 Å². The number of nitro groups is 1. The fourth-order valence-corrected chi connectivity index (χ4v) is 4.07. The molecule has 0 unspecified atom stereocenters. The molecule has 2 aromatic carbocycles. The van der Waals surface area contributed by atoms with Gasteiger partial charge in [0.15, 0.2) is 5.11 Å². The minimum absolute atomic E-state index is 0.153. The van der Waals surface area contributed by atoms with E-state index in [4.69, 9.17) is 17.0 Å². The number of methoxy groups -OCH3 is 1. The number of nitrogens with one attached hydrogen (secondary N) is 2. The molecule has 1 heterocycles. The second kappa shape index (κ2) is 9.32. The zero-order valence-corrected chi connectivity index (χ0v) is 17.9. The van der Waals surface area contributed by atoms with Crippen molar-refractivity contribution < 1.29 is 27.6 Å². The zero-order chi connectivity index (χ0) is 23.5. The summed E-state index contributed by atoms with van der Waals surface area (Å²) in [5, 5.41) is 16.0. The second-order valence-electron chi connectivity index (χ2n) is 6.27. The molecule has 0 bridgehead atoms. The molecule has 0 aliphatic carbocycles. The third-order valence-electron chi connectivity index (χ3n) is 4.19. The van der Waals surface area contributed by atoms with E-state index in [2.05, 4.69) is 10.6 Å². The first-order valence-electron chi connectivity index (χ1n) is 8.81. The Bertz CT molecular complexity index is 1180. The summed E-state index contributed by atoms with van der Waals surface area (Å²) in [7, 11) is 1.20. The molecule has 3 rings (SSSR count). The van der Waals surface area contributed by atoms with Gasteiger partial charge in [0, 0.05) is 17.0 Å². The minimum Gasteiger partial charge on any atom is -0.465 e. The van der Waals surface area contributed by atoms with Gasteiger partial charge in [-0.3, -0.25) is 10.1 Å². The van der Waals surface area contributed by atoms with Crippen molar-refractivity contribution in [2.75, 3.05) is 17.7 Å². The Labute approximate surface area is 189 Å². The Balaban J connectivity index is 1.90. The number of rotatable bonds is 5. The average molecular weight is 481 g/mol. The fourth-order valence-electron chi connectivity index (χ4n) is 2.74. The summed E-state index contributed by atoms with van der Waals surface area (Å²) < 4.78 is 44.9. The molecular weight excluding hydrogens is 467 g/mol. The van der Waals surface area contributed by atoms with Crippen LogP contribution >= 0.6 is 23.6 Å². The van der Waals surface area contributed by atoms with E-state index in [1.165, 1.54) is 7.11 Å². The van der Waals surface area contributed by atoms with E-state index in [9.17, 15) is 28.1 Å². The maximum atomic E-state index is 13.4. The average Bonchev–Trinajstić information content (AvgIpc) is 3.16. The normalized spacial score (nSPS) is 11.0. The predicted molar refractivity (Wildman–Crippen MR) is 119 cm³/mol. The van der Waals surface area contributed by atoms with Crippen LogP contribution in [-0.4, -0.2) is 23.1 Å². The van der Waals surface area contributed by atoms with Gasteiger partial charge in [0.1, 0.15) is 5.00 Å². The molecule has 32 heavy (non-hydrogen) atoms. The van der Waals surface area contributed by atoms with Crippen LogP contribution in [-0.2, 0) is 10.9 Å². The van der Waals surface area contributed by atoms with Gasteiger partial charge in [0.2, 0.25) is 0 Å². The van der Waals surface area contributed by atoms with Crippen LogP contribution in [0.1, 0.15) is 15.9 Å². The maximum absolute atomic E-state index is 13.4. The lowest BCUT2D eigenvalue weighted by atomic mass is 10.1. The van der Waals surface area contributed by atoms with Crippen LogP contribution in [0.5, 0.6) is 0 Å². The van der Waals surface area contributed by atoms with E-state index in [1.54, 1.807) is 6.07 Å². The second-order valence-corrected chi connectivity index (χ2v) is 7.74. The smallest absolute Gasteiger partial charge is 0.418 e. The third kappa shape index (κ3) is 5.21. The van der Waals surface area contributed by atoms with E-state index in [-0.39, 0.29) is 15.7 Å². The Morgan fingerprint density at radius 1 is 1.12 bits per heavy atom. The number of carbonyl (C=O) groups excluding carboxylic acids is 1. The number of benzene rings is 2. The topological polar surface area (TPSA) is 93.5 Å². The van der Waals surface area contributed by atoms with Gasteiger partial charge in [-0.05, 0) is 29.9 Å². The molecule has 7 nitrogen and oxygen atoms in total. The molecule has 0 spiro atoms. The van der Waals surface area contributed by atoms with Crippen molar-refractivity contribution in [1.82, 2.24) is 0 Å². The van der Waals surface area contributed by atoms with Crippen molar-refractivity contribution in [3.05, 3.63) is 75.8 Å². The lowest BCUT2D eigenvalue weighted by Gasteiger charge is -2.15. The summed E-state index contributed by atoms with van der Waals surface area (Å²) >= 11 is 6.28. The van der Waals surface area contributed by atoms with E-state index < -0.39 is 34.0 Å². The van der Waals surface area contributed by atoms with Crippen LogP contribution < -0.4 is 10.6 Å². The zero-order valence-electron chi connectivity index (χ0n) is 16.2. The van der Waals surface area contributed by atoms with Crippen LogP contribution in [0.4, 0.5) is 29.5 Å². The number of nitro benzene ring substituents is 1. The standard InChI is InChI=1S/C20H14F3N3O4S2/c1-30-18(27)13-10-16(11-5-3-2-4-6-11)32-17(13)25-19(31)24-15-8-7-12(26(28)29)9-14(15)20(21,22)23/h2-10H,1H3,(H2,24,25,31). The number of thiophene rings is 1. The first-order chi connectivity index (χ1) is 15.1. The Morgan fingerprint density at radius 3 is 2.41 bits per heavy atom. The van der Waals surface area contributed by atoms with Gasteiger partial charge in [-0.1, -0.05) is 30.3 Å². The minimum atomic E-state index is -4.86. The van der Waals surface area contributed by atoms with Gasteiger partial charge >= 0.3 is 12.1 Å². The Hall–Kier alpha value is -3.51. The molecule has 0 amide bonds. The van der Waals surface area contributed by atoms with Crippen LogP contribution in [0.15, 0.2) is 54.6 Å². The SMILES string of the molecule is COC(=O)c1cc(-c2ccccc2)sc1NC(=S)Nc1ccc([N+](=O)[O-])cc1C(F)(F)F. The summed E-state index contributed by atoms with van der Waals surface area (Å²) in [6.45, 7) is 0. The molecule has 12 heteroatoms. The van der Waals surface area contributed by atoms with Gasteiger partial charge in [-0.25, -0.2) is 4.79 Å². The van der Waals surface area contributed by atoms with E-state index in [0.717, 1.165) is 29.0 Å². The maximum Gasteiger partial charge on any atom is 0.418 e. The molecule has 0 aliphatic rings. The van der Waals surface area contributed by atoms with Crippen molar-refractivity contribution >= 4 is 51.0 Å². The number of non-ortho nitro benzene ring substituents is 1. The lowest BCUT2D eigenvalue weighted by Crippen LogP contribution is -2.22. The Kier molecular flexibility index (Phi) is 6.75. The largest absolute Gasteiger partial charge is 0.465 e. The number of halogens is 3. The summed E-state index contributed by atoms with van der Waals surface area (Å²) in [5.41, 5.74) is -1.45. The number of hydrogen-bond donors (Lipinski definition) is 2. The molecule has 1 aromatic heterocycles. The summed E-state index contributed by atoms with van der Waals surface area (Å²) in [5.74, 6) is -0.653. The van der Waals surface area contributed by atoms with E-state index in [0.29, 0.717) is 10.9 Å². The number of esters is 1. The molecule has 0 saturated heterocycles. The van der Waals surface area contributed by atoms with Gasteiger partial charge < -0.3 is 15.4 Å². The van der Waals surface area contributed by atoms with Crippen molar-refractivity contribution in [3.8, 4) is 10.4 Å². The number of carbonyl (C=O) groups is 1. The molecule has 0 radical (unpaired) electrons. The first-order valence-corrected chi connectivity index (χ1v) is 10.0. The van der Waals surface area contributed by atoms with Crippen molar-refractivity contribution in [3.63, 3.8) is 0 Å². The van der Waals surface area contributed by atoms with Crippen molar-refractivity contribution in [2.45, 2.75) is 6.18 Å². The van der Waals surface area contributed by atoms with Gasteiger partial charge in [-0.15, -0.1) is 11.3 Å². The van der Waals surface area contributed by atoms with Gasteiger partial charge in [0.05, 0.1) is 28.8 Å².